The van der Waals surface area contributed by atoms with Crippen LogP contribution in [-0.2, 0) is 0 Å². The molecule has 0 spiro atoms. The second-order valence-electron chi connectivity index (χ2n) is 8.17. The third-order valence-electron chi connectivity index (χ3n) is 5.09. The van der Waals surface area contributed by atoms with Crippen LogP contribution < -0.4 is 10.1 Å². The molecule has 12 heteroatoms. The van der Waals surface area contributed by atoms with Gasteiger partial charge in [0.1, 0.15) is 11.3 Å². The van der Waals surface area contributed by atoms with Crippen molar-refractivity contribution >= 4 is 11.6 Å². The first kappa shape index (κ1) is 24.1. The zero-order valence-electron chi connectivity index (χ0n) is 18.4. The lowest BCUT2D eigenvalue weighted by Gasteiger charge is -2.30. The number of ether oxygens (including phenoxy) is 1. The molecule has 0 aliphatic rings. The molecule has 1 aromatic carbocycles. The zero-order chi connectivity index (χ0) is 25.4. The molecule has 182 valence electrons. The fraction of sp³-hybridized carbons (Fsp3) is 0.217. The second kappa shape index (κ2) is 8.95. The Hall–Kier alpha value is -4.06. The van der Waals surface area contributed by atoms with Crippen molar-refractivity contribution in [3.8, 4) is 17.0 Å². The van der Waals surface area contributed by atoms with Crippen LogP contribution >= 0.6 is 0 Å². The monoisotopic (exact) mass is 489 g/mol. The number of hydrogen-bond acceptors (Lipinski definition) is 6. The molecule has 0 aliphatic heterocycles. The third kappa shape index (κ3) is 5.38. The van der Waals surface area contributed by atoms with Gasteiger partial charge in [-0.3, -0.25) is 9.78 Å². The smallest absolute Gasteiger partial charge is 0.406 e. The number of alkyl halides is 3. The number of halogens is 4. The van der Waals surface area contributed by atoms with E-state index in [1.807, 2.05) is 0 Å². The molecule has 35 heavy (non-hydrogen) atoms. The van der Waals surface area contributed by atoms with Gasteiger partial charge in [-0.2, -0.15) is 5.10 Å². The van der Waals surface area contributed by atoms with Crippen molar-refractivity contribution in [2.24, 2.45) is 0 Å². The van der Waals surface area contributed by atoms with E-state index in [4.69, 9.17) is 0 Å². The zero-order valence-corrected chi connectivity index (χ0v) is 18.4. The standard InChI is InChI=1S/C23H19F4N5O3/c1-22(2,34)19(13-3-5-14(6-4-13)35-23(25,26)27)31-21(33)16-11-29-32-10-8-18(30-20(16)32)15-7-9-28-12-17(15)24/h3-12,19,34H,1-2H3,(H,31,33)/t19-/m0/s1. The first-order valence-corrected chi connectivity index (χ1v) is 10.3. The van der Waals surface area contributed by atoms with Crippen LogP contribution in [0.4, 0.5) is 17.6 Å². The minimum absolute atomic E-state index is 0.0487. The van der Waals surface area contributed by atoms with Gasteiger partial charge in [-0.15, -0.1) is 13.2 Å². The van der Waals surface area contributed by atoms with E-state index < -0.39 is 35.5 Å². The Labute approximate surface area is 196 Å². The molecule has 0 fully saturated rings. The number of nitrogens with zero attached hydrogens (tertiary/aromatic N) is 4. The molecule has 0 unspecified atom stereocenters. The highest BCUT2D eigenvalue weighted by Gasteiger charge is 2.33. The Bertz CT molecular complexity index is 1360. The summed E-state index contributed by atoms with van der Waals surface area (Å²) < 4.78 is 56.7. The molecule has 0 radical (unpaired) electrons. The van der Waals surface area contributed by atoms with Gasteiger partial charge < -0.3 is 15.2 Å². The number of aromatic nitrogens is 4. The molecule has 2 N–H and O–H groups in total. The minimum atomic E-state index is -4.85. The number of benzene rings is 1. The van der Waals surface area contributed by atoms with Crippen LogP contribution in [0, 0.1) is 5.82 Å². The van der Waals surface area contributed by atoms with E-state index in [-0.39, 0.29) is 22.5 Å². The summed E-state index contributed by atoms with van der Waals surface area (Å²) in [6.07, 6.45) is 0.393. The predicted molar refractivity (Wildman–Crippen MR) is 116 cm³/mol. The normalized spacial score (nSPS) is 13.0. The van der Waals surface area contributed by atoms with Gasteiger partial charge in [-0.25, -0.2) is 13.9 Å². The SMILES string of the molecule is CC(C)(O)[C@@H](NC(=O)c1cnn2ccc(-c3ccncc3F)nc12)c1ccc(OC(F)(F)F)cc1. The van der Waals surface area contributed by atoms with Crippen molar-refractivity contribution in [1.82, 2.24) is 24.9 Å². The number of carbonyl (C=O) groups excluding carboxylic acids is 1. The fourth-order valence-corrected chi connectivity index (χ4v) is 3.50. The number of rotatable bonds is 6. The maximum atomic E-state index is 14.2. The summed E-state index contributed by atoms with van der Waals surface area (Å²) in [7, 11) is 0. The quantitative estimate of drug-likeness (QED) is 0.396. The molecule has 4 aromatic rings. The van der Waals surface area contributed by atoms with Gasteiger partial charge in [0, 0.05) is 18.0 Å². The molecule has 0 saturated carbocycles. The lowest BCUT2D eigenvalue weighted by Crippen LogP contribution is -2.42. The van der Waals surface area contributed by atoms with Crippen molar-refractivity contribution in [2.45, 2.75) is 31.9 Å². The van der Waals surface area contributed by atoms with Crippen molar-refractivity contribution in [2.75, 3.05) is 0 Å². The van der Waals surface area contributed by atoms with Crippen LogP contribution in [0.25, 0.3) is 16.9 Å². The van der Waals surface area contributed by atoms with Crippen LogP contribution in [0.15, 0.2) is 61.2 Å². The molecule has 4 rings (SSSR count). The maximum Gasteiger partial charge on any atom is 0.573 e. The van der Waals surface area contributed by atoms with Gasteiger partial charge in [0.05, 0.1) is 29.7 Å². The molecule has 0 aliphatic carbocycles. The van der Waals surface area contributed by atoms with Crippen LogP contribution in [0.1, 0.15) is 35.8 Å². The Morgan fingerprint density at radius 1 is 1.11 bits per heavy atom. The maximum absolute atomic E-state index is 14.2. The molecule has 1 amide bonds. The van der Waals surface area contributed by atoms with Gasteiger partial charge in [-0.1, -0.05) is 12.1 Å². The van der Waals surface area contributed by atoms with Gasteiger partial charge in [0.15, 0.2) is 11.5 Å². The number of nitrogens with one attached hydrogen (secondary N) is 1. The number of carbonyl (C=O) groups is 1. The number of hydrogen-bond donors (Lipinski definition) is 2. The second-order valence-corrected chi connectivity index (χ2v) is 8.17. The van der Waals surface area contributed by atoms with Gasteiger partial charge >= 0.3 is 6.36 Å². The van der Waals surface area contributed by atoms with Gasteiger partial charge in [-0.05, 0) is 43.7 Å². The Balaban J connectivity index is 1.64. The van der Waals surface area contributed by atoms with E-state index in [0.717, 1.165) is 18.3 Å². The summed E-state index contributed by atoms with van der Waals surface area (Å²) in [4.78, 5) is 21.2. The third-order valence-corrected chi connectivity index (χ3v) is 5.09. The van der Waals surface area contributed by atoms with E-state index in [2.05, 4.69) is 25.1 Å². The van der Waals surface area contributed by atoms with E-state index in [1.165, 1.54) is 61.2 Å². The van der Waals surface area contributed by atoms with E-state index in [0.29, 0.717) is 5.56 Å². The van der Waals surface area contributed by atoms with Crippen LogP contribution in [-0.4, -0.2) is 42.6 Å². The molecular weight excluding hydrogens is 470 g/mol. The number of amides is 1. The highest BCUT2D eigenvalue weighted by atomic mass is 19.4. The molecule has 1 atom stereocenters. The average Bonchev–Trinajstić information content (AvgIpc) is 3.20. The Morgan fingerprint density at radius 3 is 2.46 bits per heavy atom. The summed E-state index contributed by atoms with van der Waals surface area (Å²) in [5.41, 5.74) is -0.530. The van der Waals surface area contributed by atoms with Gasteiger partial charge in [0.25, 0.3) is 5.91 Å². The molecular formula is C23H19F4N5O3. The Kier molecular flexibility index (Phi) is 6.15. The molecule has 0 saturated heterocycles. The molecule has 3 aromatic heterocycles. The number of pyridine rings is 1. The molecule has 3 heterocycles. The minimum Gasteiger partial charge on any atom is -0.406 e. The Morgan fingerprint density at radius 2 is 1.83 bits per heavy atom. The van der Waals surface area contributed by atoms with E-state index in [9.17, 15) is 27.5 Å². The van der Waals surface area contributed by atoms with Crippen LogP contribution in [0.5, 0.6) is 5.75 Å². The number of aliphatic hydroxyl groups is 1. The summed E-state index contributed by atoms with van der Waals surface area (Å²) in [6.45, 7) is 2.88. The predicted octanol–water partition coefficient (Wildman–Crippen LogP) is 4.07. The summed E-state index contributed by atoms with van der Waals surface area (Å²) in [5, 5.41) is 17.4. The average molecular weight is 489 g/mol. The topological polar surface area (TPSA) is 102 Å². The van der Waals surface area contributed by atoms with Crippen molar-refractivity contribution in [3.63, 3.8) is 0 Å². The summed E-state index contributed by atoms with van der Waals surface area (Å²) in [5.74, 6) is -1.68. The van der Waals surface area contributed by atoms with Crippen molar-refractivity contribution in [3.05, 3.63) is 78.1 Å². The first-order valence-electron chi connectivity index (χ1n) is 10.3. The van der Waals surface area contributed by atoms with Gasteiger partial charge in [0.2, 0.25) is 0 Å². The van der Waals surface area contributed by atoms with Crippen LogP contribution in [0.3, 0.4) is 0 Å². The summed E-state index contributed by atoms with van der Waals surface area (Å²) >= 11 is 0. The van der Waals surface area contributed by atoms with Crippen molar-refractivity contribution < 1.29 is 32.2 Å². The van der Waals surface area contributed by atoms with E-state index in [1.54, 1.807) is 0 Å². The first-order chi connectivity index (χ1) is 16.4. The number of fused-ring (bicyclic) bond motifs is 1. The summed E-state index contributed by atoms with van der Waals surface area (Å²) in [6, 6.07) is 6.75. The highest BCUT2D eigenvalue weighted by molar-refractivity contribution is 6.00. The van der Waals surface area contributed by atoms with Crippen molar-refractivity contribution in [1.29, 1.82) is 0 Å². The lowest BCUT2D eigenvalue weighted by atomic mass is 9.91. The largest absolute Gasteiger partial charge is 0.573 e. The fourth-order valence-electron chi connectivity index (χ4n) is 3.50. The lowest BCUT2D eigenvalue weighted by molar-refractivity contribution is -0.274. The highest BCUT2D eigenvalue weighted by Crippen LogP contribution is 2.30. The van der Waals surface area contributed by atoms with Crippen LogP contribution in [0.2, 0.25) is 0 Å². The molecule has 8 nitrogen and oxygen atoms in total. The van der Waals surface area contributed by atoms with E-state index >= 15 is 0 Å². The molecule has 0 bridgehead atoms.